The molecule has 0 radical (unpaired) electrons. The summed E-state index contributed by atoms with van der Waals surface area (Å²) in [5, 5.41) is 10.7. The van der Waals surface area contributed by atoms with Gasteiger partial charge in [-0.1, -0.05) is 57.2 Å². The van der Waals surface area contributed by atoms with Crippen LogP contribution in [0, 0.1) is 0 Å². The standard InChI is InChI=1S/C38H45N5O6/c1-38(2,3)26-20-33(35(46-4)34(21-26)42-37(45)49-24-28-8-7-17-48-28)41-36(44)40-32-14-13-29(30-9-5-6-10-31(30)32)25-11-12-27(39-22-25)23-43-15-18-47-19-16-43/h5-6,9-14,20-22,28H,7-8,15-19,23-24H2,1-4H3,(H,42,45)(H2,40,41,44). The Hall–Kier alpha value is -4.71. The Bertz CT molecular complexity index is 1780. The summed E-state index contributed by atoms with van der Waals surface area (Å²) in [6.07, 6.45) is 3.01. The van der Waals surface area contributed by atoms with Crippen LogP contribution in [0.1, 0.15) is 44.9 Å². The van der Waals surface area contributed by atoms with Crippen molar-refractivity contribution >= 4 is 40.0 Å². The molecule has 0 bridgehead atoms. The van der Waals surface area contributed by atoms with Gasteiger partial charge in [-0.3, -0.25) is 15.2 Å². The summed E-state index contributed by atoms with van der Waals surface area (Å²) in [4.78, 5) is 33.4. The van der Waals surface area contributed by atoms with Gasteiger partial charge in [0.2, 0.25) is 0 Å². The van der Waals surface area contributed by atoms with Gasteiger partial charge < -0.3 is 29.6 Å². The molecule has 2 saturated heterocycles. The molecule has 0 aliphatic carbocycles. The second-order valence-corrected chi connectivity index (χ2v) is 13.4. The lowest BCUT2D eigenvalue weighted by Gasteiger charge is -2.26. The molecule has 49 heavy (non-hydrogen) atoms. The predicted molar refractivity (Wildman–Crippen MR) is 192 cm³/mol. The Labute approximate surface area is 287 Å². The van der Waals surface area contributed by atoms with Gasteiger partial charge in [0.05, 0.1) is 49.2 Å². The molecule has 11 heteroatoms. The molecule has 258 valence electrons. The maximum Gasteiger partial charge on any atom is 0.411 e. The number of amides is 3. The van der Waals surface area contributed by atoms with Crippen LogP contribution in [0.5, 0.6) is 5.75 Å². The number of methoxy groups -OCH3 is 1. The van der Waals surface area contributed by atoms with E-state index in [-0.39, 0.29) is 18.1 Å². The summed E-state index contributed by atoms with van der Waals surface area (Å²) in [7, 11) is 1.49. The number of benzene rings is 3. The third-order valence-corrected chi connectivity index (χ3v) is 8.87. The molecule has 1 aromatic heterocycles. The molecule has 6 rings (SSSR count). The smallest absolute Gasteiger partial charge is 0.411 e. The number of fused-ring (bicyclic) bond motifs is 1. The number of aromatic nitrogens is 1. The highest BCUT2D eigenvalue weighted by molar-refractivity contribution is 6.10. The van der Waals surface area contributed by atoms with Crippen LogP contribution in [-0.4, -0.2) is 74.7 Å². The van der Waals surface area contributed by atoms with Crippen LogP contribution in [0.15, 0.2) is 66.9 Å². The van der Waals surface area contributed by atoms with E-state index in [4.69, 9.17) is 23.9 Å². The first kappa shape index (κ1) is 34.2. The van der Waals surface area contributed by atoms with E-state index >= 15 is 0 Å². The van der Waals surface area contributed by atoms with Crippen molar-refractivity contribution in [3.8, 4) is 16.9 Å². The molecule has 2 aliphatic rings. The summed E-state index contributed by atoms with van der Waals surface area (Å²) >= 11 is 0. The fourth-order valence-electron chi connectivity index (χ4n) is 6.16. The first-order valence-electron chi connectivity index (χ1n) is 16.8. The number of hydrogen-bond acceptors (Lipinski definition) is 8. The fourth-order valence-corrected chi connectivity index (χ4v) is 6.16. The maximum atomic E-state index is 13.6. The monoisotopic (exact) mass is 667 g/mol. The minimum atomic E-state index is -0.622. The summed E-state index contributed by atoms with van der Waals surface area (Å²) in [6, 6.07) is 19.3. The second-order valence-electron chi connectivity index (χ2n) is 13.4. The van der Waals surface area contributed by atoms with Gasteiger partial charge >= 0.3 is 12.1 Å². The zero-order valence-electron chi connectivity index (χ0n) is 28.6. The highest BCUT2D eigenvalue weighted by atomic mass is 16.6. The Balaban J connectivity index is 1.20. The third kappa shape index (κ3) is 8.48. The van der Waals surface area contributed by atoms with E-state index < -0.39 is 12.1 Å². The quantitative estimate of drug-likeness (QED) is 0.169. The number of hydrogen-bond donors (Lipinski definition) is 3. The highest BCUT2D eigenvalue weighted by Crippen LogP contribution is 2.39. The molecule has 1 atom stereocenters. The molecule has 3 heterocycles. The van der Waals surface area contributed by atoms with E-state index in [1.165, 1.54) is 7.11 Å². The van der Waals surface area contributed by atoms with Crippen LogP contribution in [0.4, 0.5) is 26.7 Å². The zero-order valence-corrected chi connectivity index (χ0v) is 28.6. The van der Waals surface area contributed by atoms with Gasteiger partial charge in [0.1, 0.15) is 6.61 Å². The van der Waals surface area contributed by atoms with Crippen molar-refractivity contribution in [3.63, 3.8) is 0 Å². The molecule has 0 spiro atoms. The van der Waals surface area contributed by atoms with E-state index in [0.29, 0.717) is 29.4 Å². The number of nitrogens with zero attached hydrogens (tertiary/aromatic N) is 2. The van der Waals surface area contributed by atoms with E-state index in [2.05, 4.69) is 53.8 Å². The van der Waals surface area contributed by atoms with Crippen molar-refractivity contribution in [2.75, 3.05) is 62.6 Å². The molecule has 3 amide bonds. The summed E-state index contributed by atoms with van der Waals surface area (Å²) in [5.41, 5.74) is 5.08. The molecule has 1 unspecified atom stereocenters. The summed E-state index contributed by atoms with van der Waals surface area (Å²) in [6.45, 7) is 11.1. The lowest BCUT2D eigenvalue weighted by Crippen LogP contribution is -2.35. The Morgan fingerprint density at radius 2 is 1.65 bits per heavy atom. The molecular weight excluding hydrogens is 622 g/mol. The number of urea groups is 1. The molecular formula is C38H45N5O6. The van der Waals surface area contributed by atoms with Crippen LogP contribution in [0.3, 0.4) is 0 Å². The van der Waals surface area contributed by atoms with E-state index in [0.717, 1.165) is 78.8 Å². The van der Waals surface area contributed by atoms with Gasteiger partial charge in [-0.15, -0.1) is 0 Å². The minimum absolute atomic E-state index is 0.0950. The lowest BCUT2D eigenvalue weighted by atomic mass is 9.86. The fraction of sp³-hybridized carbons (Fsp3) is 0.395. The number of morpholine rings is 1. The molecule has 0 saturated carbocycles. The molecule has 3 aromatic carbocycles. The first-order chi connectivity index (χ1) is 23.7. The number of ether oxygens (including phenoxy) is 4. The van der Waals surface area contributed by atoms with Crippen LogP contribution in [-0.2, 0) is 26.2 Å². The van der Waals surface area contributed by atoms with Crippen molar-refractivity contribution in [2.45, 2.75) is 51.7 Å². The highest BCUT2D eigenvalue weighted by Gasteiger charge is 2.24. The maximum absolute atomic E-state index is 13.6. The Morgan fingerprint density at radius 3 is 2.33 bits per heavy atom. The number of carbonyl (C=O) groups is 2. The Morgan fingerprint density at radius 1 is 0.918 bits per heavy atom. The van der Waals surface area contributed by atoms with Gasteiger partial charge in [0, 0.05) is 43.4 Å². The SMILES string of the molecule is COc1c(NC(=O)Nc2ccc(-c3ccc(CN4CCOCC4)nc3)c3ccccc23)cc(C(C)(C)C)cc1NC(=O)OCC1CCCO1. The third-order valence-electron chi connectivity index (χ3n) is 8.87. The predicted octanol–water partition coefficient (Wildman–Crippen LogP) is 7.41. The topological polar surface area (TPSA) is 123 Å². The molecule has 3 N–H and O–H groups in total. The van der Waals surface area contributed by atoms with Gasteiger partial charge in [-0.05, 0) is 59.0 Å². The van der Waals surface area contributed by atoms with E-state index in [1.807, 2.05) is 54.7 Å². The number of nitrogens with one attached hydrogen (secondary N) is 3. The minimum Gasteiger partial charge on any atom is -0.492 e. The summed E-state index contributed by atoms with van der Waals surface area (Å²) in [5.74, 6) is 0.307. The number of anilines is 3. The lowest BCUT2D eigenvalue weighted by molar-refractivity contribution is 0.0336. The first-order valence-corrected chi connectivity index (χ1v) is 16.8. The molecule has 4 aromatic rings. The molecule has 2 fully saturated rings. The van der Waals surface area contributed by atoms with Crippen molar-refractivity contribution < 1.29 is 28.5 Å². The van der Waals surface area contributed by atoms with Gasteiger partial charge in [-0.25, -0.2) is 9.59 Å². The molecule has 11 nitrogen and oxygen atoms in total. The number of carbonyl (C=O) groups excluding carboxylic acids is 2. The van der Waals surface area contributed by atoms with Gasteiger partial charge in [0.25, 0.3) is 0 Å². The van der Waals surface area contributed by atoms with Crippen LogP contribution in [0.2, 0.25) is 0 Å². The largest absolute Gasteiger partial charge is 0.492 e. The average Bonchev–Trinajstić information content (AvgIpc) is 3.62. The number of pyridine rings is 1. The average molecular weight is 668 g/mol. The van der Waals surface area contributed by atoms with Crippen molar-refractivity contribution in [1.82, 2.24) is 9.88 Å². The van der Waals surface area contributed by atoms with Crippen LogP contribution >= 0.6 is 0 Å². The van der Waals surface area contributed by atoms with E-state index in [9.17, 15) is 9.59 Å². The van der Waals surface area contributed by atoms with Crippen LogP contribution in [0.25, 0.3) is 21.9 Å². The van der Waals surface area contributed by atoms with Gasteiger partial charge in [0.15, 0.2) is 5.75 Å². The summed E-state index contributed by atoms with van der Waals surface area (Å²) < 4.78 is 22.2. The van der Waals surface area contributed by atoms with Crippen molar-refractivity contribution in [3.05, 3.63) is 78.1 Å². The second kappa shape index (κ2) is 15.2. The van der Waals surface area contributed by atoms with Crippen molar-refractivity contribution in [2.24, 2.45) is 0 Å². The Kier molecular flexibility index (Phi) is 10.6. The normalized spacial score (nSPS) is 16.7. The molecule has 2 aliphatic heterocycles. The van der Waals surface area contributed by atoms with Crippen LogP contribution < -0.4 is 20.7 Å². The number of rotatable bonds is 9. The van der Waals surface area contributed by atoms with Crippen molar-refractivity contribution in [1.29, 1.82) is 0 Å². The van der Waals surface area contributed by atoms with Gasteiger partial charge in [-0.2, -0.15) is 0 Å². The zero-order chi connectivity index (χ0) is 34.4. The van der Waals surface area contributed by atoms with E-state index in [1.54, 1.807) is 0 Å².